The summed E-state index contributed by atoms with van der Waals surface area (Å²) >= 11 is 0. The minimum Gasteiger partial charge on any atom is -0.434 e. The number of hydrogen-bond donors (Lipinski definition) is 0. The van der Waals surface area contributed by atoms with Crippen LogP contribution in [0, 0.1) is 11.3 Å². The van der Waals surface area contributed by atoms with Gasteiger partial charge in [0, 0.05) is 11.8 Å². The van der Waals surface area contributed by atoms with Crippen LogP contribution in [0.1, 0.15) is 15.9 Å². The van der Waals surface area contributed by atoms with Crippen LogP contribution in [0.5, 0.6) is 5.75 Å². The van der Waals surface area contributed by atoms with E-state index in [-0.39, 0.29) is 11.3 Å². The van der Waals surface area contributed by atoms with Crippen LogP contribution in [0.25, 0.3) is 16.9 Å². The van der Waals surface area contributed by atoms with Crippen LogP contribution in [0.15, 0.2) is 54.7 Å². The molecule has 0 atom stereocenters. The highest BCUT2D eigenvalue weighted by Gasteiger charge is 2.12. The van der Waals surface area contributed by atoms with Crippen molar-refractivity contribution in [2.45, 2.75) is 6.61 Å². The van der Waals surface area contributed by atoms with Gasteiger partial charge in [0.05, 0.1) is 28.6 Å². The number of nitrogens with zero attached hydrogens (tertiary/aromatic N) is 3. The third-order valence-corrected chi connectivity index (χ3v) is 3.48. The molecule has 0 N–H and O–H groups in total. The fourth-order valence-corrected chi connectivity index (χ4v) is 2.33. The van der Waals surface area contributed by atoms with Gasteiger partial charge in [0.25, 0.3) is 0 Å². The molecule has 3 rings (SSSR count). The van der Waals surface area contributed by atoms with Crippen LogP contribution >= 0.6 is 0 Å². The van der Waals surface area contributed by atoms with E-state index in [0.717, 1.165) is 0 Å². The van der Waals surface area contributed by atoms with Crippen molar-refractivity contribution in [2.75, 3.05) is 0 Å². The van der Waals surface area contributed by atoms with Crippen LogP contribution in [0.3, 0.4) is 0 Å². The van der Waals surface area contributed by atoms with Gasteiger partial charge in [-0.15, -0.1) is 0 Å². The molecule has 124 valence electrons. The van der Waals surface area contributed by atoms with Crippen molar-refractivity contribution in [3.8, 4) is 28.8 Å². The minimum atomic E-state index is -3.03. The number of nitriles is 1. The number of hydrogen-bond acceptors (Lipinski definition) is 4. The number of aromatic nitrogens is 2. The maximum Gasteiger partial charge on any atom is 0.387 e. The highest BCUT2D eigenvalue weighted by atomic mass is 19.3. The van der Waals surface area contributed by atoms with Gasteiger partial charge in [-0.2, -0.15) is 19.1 Å². The van der Waals surface area contributed by atoms with E-state index in [2.05, 4.69) is 15.9 Å². The number of rotatable bonds is 5. The topological polar surface area (TPSA) is 67.9 Å². The van der Waals surface area contributed by atoms with Gasteiger partial charge in [-0.3, -0.25) is 4.79 Å². The van der Waals surface area contributed by atoms with E-state index in [1.165, 1.54) is 12.1 Å². The predicted octanol–water partition coefficient (Wildman–Crippen LogP) is 3.82. The van der Waals surface area contributed by atoms with Crippen molar-refractivity contribution < 1.29 is 18.3 Å². The molecule has 0 bridgehead atoms. The standard InChI is InChI=1S/C18H11F2N3O2/c19-18(20)25-17-9-13(4-5-14(17)11-24)16-6-7-23(22-16)15-3-1-2-12(8-15)10-21/h1-9,11,18H. The van der Waals surface area contributed by atoms with Crippen molar-refractivity contribution in [3.63, 3.8) is 0 Å². The van der Waals surface area contributed by atoms with Crippen molar-refractivity contribution in [3.05, 3.63) is 65.9 Å². The smallest absolute Gasteiger partial charge is 0.387 e. The average Bonchev–Trinajstić information content (AvgIpc) is 3.11. The summed E-state index contributed by atoms with van der Waals surface area (Å²) in [4.78, 5) is 10.9. The molecule has 5 nitrogen and oxygen atoms in total. The molecule has 25 heavy (non-hydrogen) atoms. The molecule has 1 heterocycles. The molecule has 0 amide bonds. The number of aldehydes is 1. The van der Waals surface area contributed by atoms with Crippen molar-refractivity contribution in [1.82, 2.24) is 9.78 Å². The SMILES string of the molecule is N#Cc1cccc(-n2ccc(-c3ccc(C=O)c(OC(F)F)c3)n2)c1. The summed E-state index contributed by atoms with van der Waals surface area (Å²) < 4.78 is 30.9. The molecular formula is C18H11F2N3O2. The van der Waals surface area contributed by atoms with Crippen molar-refractivity contribution >= 4 is 6.29 Å². The zero-order valence-electron chi connectivity index (χ0n) is 12.8. The summed E-state index contributed by atoms with van der Waals surface area (Å²) in [6.07, 6.45) is 2.14. The Balaban J connectivity index is 1.97. The minimum absolute atomic E-state index is 0.0326. The molecule has 7 heteroatoms. The Hall–Kier alpha value is -3.53. The predicted molar refractivity (Wildman–Crippen MR) is 85.7 cm³/mol. The second-order valence-corrected chi connectivity index (χ2v) is 5.06. The lowest BCUT2D eigenvalue weighted by atomic mass is 10.1. The van der Waals surface area contributed by atoms with Gasteiger partial charge in [-0.1, -0.05) is 12.1 Å². The maximum atomic E-state index is 12.5. The summed E-state index contributed by atoms with van der Waals surface area (Å²) in [6.45, 7) is -3.03. The highest BCUT2D eigenvalue weighted by Crippen LogP contribution is 2.27. The summed E-state index contributed by atoms with van der Waals surface area (Å²) in [5, 5.41) is 13.3. The van der Waals surface area contributed by atoms with Crippen LogP contribution in [0.4, 0.5) is 8.78 Å². The van der Waals surface area contributed by atoms with Gasteiger partial charge < -0.3 is 4.74 Å². The molecule has 0 saturated heterocycles. The zero-order chi connectivity index (χ0) is 17.8. The van der Waals surface area contributed by atoms with Crippen molar-refractivity contribution in [1.29, 1.82) is 5.26 Å². The van der Waals surface area contributed by atoms with E-state index >= 15 is 0 Å². The molecule has 0 fully saturated rings. The summed E-state index contributed by atoms with van der Waals surface area (Å²) in [5.41, 5.74) is 2.26. The Kier molecular flexibility index (Phi) is 4.53. The molecule has 3 aromatic rings. The second-order valence-electron chi connectivity index (χ2n) is 5.06. The van der Waals surface area contributed by atoms with E-state index in [0.29, 0.717) is 28.8 Å². The van der Waals surface area contributed by atoms with E-state index in [1.807, 2.05) is 0 Å². The number of ether oxygens (including phenoxy) is 1. The third kappa shape index (κ3) is 3.53. The molecule has 0 aliphatic carbocycles. The van der Waals surface area contributed by atoms with Crippen molar-refractivity contribution in [2.24, 2.45) is 0 Å². The van der Waals surface area contributed by atoms with E-state index in [1.54, 1.807) is 47.3 Å². The quantitative estimate of drug-likeness (QED) is 0.663. The molecular weight excluding hydrogens is 328 g/mol. The fraction of sp³-hybridized carbons (Fsp3) is 0.0556. The molecule has 0 spiro atoms. The first kappa shape index (κ1) is 16.3. The van der Waals surface area contributed by atoms with E-state index in [9.17, 15) is 13.6 Å². The normalized spacial score (nSPS) is 10.5. The average molecular weight is 339 g/mol. The van der Waals surface area contributed by atoms with Gasteiger partial charge in [-0.05, 0) is 36.4 Å². The van der Waals surface area contributed by atoms with E-state index in [4.69, 9.17) is 5.26 Å². The molecule has 0 unspecified atom stereocenters. The number of carbonyl (C=O) groups excluding carboxylic acids is 1. The first-order valence-electron chi connectivity index (χ1n) is 7.21. The largest absolute Gasteiger partial charge is 0.434 e. The van der Waals surface area contributed by atoms with Crippen LogP contribution in [-0.2, 0) is 0 Å². The Morgan fingerprint density at radius 2 is 2.04 bits per heavy atom. The first-order valence-corrected chi connectivity index (χ1v) is 7.21. The van der Waals surface area contributed by atoms with Gasteiger partial charge in [-0.25, -0.2) is 4.68 Å². The maximum absolute atomic E-state index is 12.5. The van der Waals surface area contributed by atoms with Crippen LogP contribution in [0.2, 0.25) is 0 Å². The second kappa shape index (κ2) is 6.93. The van der Waals surface area contributed by atoms with Gasteiger partial charge in [0.2, 0.25) is 0 Å². The summed E-state index contributed by atoms with van der Waals surface area (Å²) in [6, 6.07) is 15.0. The molecule has 0 aliphatic heterocycles. The Bertz CT molecular complexity index is 961. The number of carbonyl (C=O) groups is 1. The Labute approximate surface area is 141 Å². The highest BCUT2D eigenvalue weighted by molar-refractivity contribution is 5.81. The lowest BCUT2D eigenvalue weighted by Gasteiger charge is -2.08. The van der Waals surface area contributed by atoms with E-state index < -0.39 is 6.61 Å². The number of halogens is 2. The molecule has 1 aromatic heterocycles. The number of benzene rings is 2. The summed E-state index contributed by atoms with van der Waals surface area (Å²) in [5.74, 6) is -0.205. The molecule has 0 aliphatic rings. The monoisotopic (exact) mass is 339 g/mol. The van der Waals surface area contributed by atoms with Crippen LogP contribution < -0.4 is 4.74 Å². The molecule has 2 aromatic carbocycles. The van der Waals surface area contributed by atoms with Gasteiger partial charge >= 0.3 is 6.61 Å². The van der Waals surface area contributed by atoms with Gasteiger partial charge in [0.1, 0.15) is 5.75 Å². The van der Waals surface area contributed by atoms with Crippen LogP contribution in [-0.4, -0.2) is 22.7 Å². The summed E-state index contributed by atoms with van der Waals surface area (Å²) in [7, 11) is 0. The van der Waals surface area contributed by atoms with Gasteiger partial charge in [0.15, 0.2) is 6.29 Å². The first-order chi connectivity index (χ1) is 12.1. The lowest BCUT2D eigenvalue weighted by Crippen LogP contribution is -2.04. The molecule has 0 saturated carbocycles. The number of alkyl halides is 2. The zero-order valence-corrected chi connectivity index (χ0v) is 12.8. The lowest BCUT2D eigenvalue weighted by molar-refractivity contribution is -0.0500. The molecule has 0 radical (unpaired) electrons. The Morgan fingerprint density at radius 3 is 2.76 bits per heavy atom. The fourth-order valence-electron chi connectivity index (χ4n) is 2.33. The third-order valence-electron chi connectivity index (χ3n) is 3.48. The Morgan fingerprint density at radius 1 is 1.20 bits per heavy atom.